The van der Waals surface area contributed by atoms with Gasteiger partial charge in [-0.1, -0.05) is 6.07 Å². The number of nitrogens with zero attached hydrogens (tertiary/aromatic N) is 5. The summed E-state index contributed by atoms with van der Waals surface area (Å²) < 4.78 is 5.95. The number of hydrogen-bond donors (Lipinski definition) is 0. The number of hydrogen-bond acceptors (Lipinski definition) is 6. The predicted octanol–water partition coefficient (Wildman–Crippen LogP) is 1.95. The van der Waals surface area contributed by atoms with Crippen LogP contribution in [0.25, 0.3) is 0 Å². The second-order valence-corrected chi connectivity index (χ2v) is 7.80. The van der Waals surface area contributed by atoms with E-state index in [-0.39, 0.29) is 11.3 Å². The fourth-order valence-corrected chi connectivity index (χ4v) is 4.24. The standard InChI is InChI=1S/C21H27N5O2/c27-19(6-5-18-4-1-8-22-14-18)25-11-2-7-21(15-25)16-26(12-13-28-17-21)20-23-9-3-10-24-20/h1,3-4,8-10,14H,2,5-7,11-13,15-17H2. The zero-order valence-electron chi connectivity index (χ0n) is 16.2. The van der Waals surface area contributed by atoms with Crippen molar-refractivity contribution in [2.75, 3.05) is 44.3 Å². The highest BCUT2D eigenvalue weighted by Crippen LogP contribution is 2.34. The molecule has 1 atom stereocenters. The molecule has 0 bridgehead atoms. The first-order chi connectivity index (χ1) is 13.7. The average Bonchev–Trinajstić information content (AvgIpc) is 2.96. The second-order valence-electron chi connectivity index (χ2n) is 7.80. The van der Waals surface area contributed by atoms with Crippen molar-refractivity contribution in [1.29, 1.82) is 0 Å². The molecule has 0 N–H and O–H groups in total. The van der Waals surface area contributed by atoms with Crippen LogP contribution in [0.1, 0.15) is 24.8 Å². The molecule has 4 heterocycles. The summed E-state index contributed by atoms with van der Waals surface area (Å²) in [5, 5.41) is 0. The number of pyridine rings is 1. The van der Waals surface area contributed by atoms with Crippen LogP contribution in [0.3, 0.4) is 0 Å². The van der Waals surface area contributed by atoms with Gasteiger partial charge in [0.2, 0.25) is 11.9 Å². The largest absolute Gasteiger partial charge is 0.379 e. The van der Waals surface area contributed by atoms with Crippen LogP contribution < -0.4 is 4.90 Å². The SMILES string of the molecule is O=C(CCc1cccnc1)N1CCCC2(COCCN(c3ncccn3)C2)C1. The molecule has 2 aromatic heterocycles. The van der Waals surface area contributed by atoms with Gasteiger partial charge in [0, 0.05) is 62.8 Å². The number of carbonyl (C=O) groups excluding carboxylic acids is 1. The first-order valence-electron chi connectivity index (χ1n) is 10.0. The van der Waals surface area contributed by atoms with Crippen molar-refractivity contribution in [2.24, 2.45) is 5.41 Å². The Morgan fingerprint density at radius 2 is 2.04 bits per heavy atom. The van der Waals surface area contributed by atoms with Crippen LogP contribution in [0.4, 0.5) is 5.95 Å². The number of aryl methyl sites for hydroxylation is 1. The van der Waals surface area contributed by atoms with Crippen LogP contribution in [0.2, 0.25) is 0 Å². The molecule has 28 heavy (non-hydrogen) atoms. The summed E-state index contributed by atoms with van der Waals surface area (Å²) >= 11 is 0. The fourth-order valence-electron chi connectivity index (χ4n) is 4.24. The molecule has 0 aromatic carbocycles. The Kier molecular flexibility index (Phi) is 5.81. The molecule has 148 valence electrons. The number of rotatable bonds is 4. The average molecular weight is 381 g/mol. The zero-order chi connectivity index (χ0) is 19.2. The first-order valence-corrected chi connectivity index (χ1v) is 10.0. The van der Waals surface area contributed by atoms with Gasteiger partial charge in [-0.05, 0) is 37.0 Å². The Morgan fingerprint density at radius 1 is 1.14 bits per heavy atom. The van der Waals surface area contributed by atoms with Crippen LogP contribution in [-0.4, -0.2) is 65.2 Å². The van der Waals surface area contributed by atoms with Crippen LogP contribution in [0.15, 0.2) is 43.0 Å². The lowest BCUT2D eigenvalue weighted by Crippen LogP contribution is -2.52. The van der Waals surface area contributed by atoms with Crippen molar-refractivity contribution in [3.63, 3.8) is 0 Å². The van der Waals surface area contributed by atoms with Crippen molar-refractivity contribution in [3.05, 3.63) is 48.5 Å². The number of anilines is 1. The molecule has 7 nitrogen and oxygen atoms in total. The number of piperidine rings is 1. The number of likely N-dealkylation sites (tertiary alicyclic amines) is 1. The lowest BCUT2D eigenvalue weighted by atomic mass is 9.80. The molecule has 2 saturated heterocycles. The van der Waals surface area contributed by atoms with Gasteiger partial charge in [0.05, 0.1) is 13.2 Å². The van der Waals surface area contributed by atoms with Crippen molar-refractivity contribution < 1.29 is 9.53 Å². The molecule has 7 heteroatoms. The Morgan fingerprint density at radius 3 is 2.86 bits per heavy atom. The van der Waals surface area contributed by atoms with E-state index in [1.807, 2.05) is 29.3 Å². The zero-order valence-corrected chi connectivity index (χ0v) is 16.2. The van der Waals surface area contributed by atoms with Gasteiger partial charge in [-0.15, -0.1) is 0 Å². The number of ether oxygens (including phenoxy) is 1. The highest BCUT2D eigenvalue weighted by molar-refractivity contribution is 5.76. The highest BCUT2D eigenvalue weighted by Gasteiger charge is 2.40. The van der Waals surface area contributed by atoms with Gasteiger partial charge in [-0.3, -0.25) is 9.78 Å². The maximum Gasteiger partial charge on any atom is 0.225 e. The molecule has 0 radical (unpaired) electrons. The van der Waals surface area contributed by atoms with Gasteiger partial charge >= 0.3 is 0 Å². The minimum atomic E-state index is -0.0576. The van der Waals surface area contributed by atoms with E-state index >= 15 is 0 Å². The van der Waals surface area contributed by atoms with Crippen molar-refractivity contribution in [3.8, 4) is 0 Å². The molecular weight excluding hydrogens is 354 g/mol. The molecule has 2 aromatic rings. The van der Waals surface area contributed by atoms with E-state index in [4.69, 9.17) is 4.74 Å². The molecule has 4 rings (SSSR count). The molecule has 0 saturated carbocycles. The smallest absolute Gasteiger partial charge is 0.225 e. The van der Waals surface area contributed by atoms with Crippen molar-refractivity contribution in [2.45, 2.75) is 25.7 Å². The maximum absolute atomic E-state index is 12.9. The van der Waals surface area contributed by atoms with Crippen LogP contribution in [0, 0.1) is 5.41 Å². The molecule has 0 aliphatic carbocycles. The number of carbonyl (C=O) groups is 1. The van der Waals surface area contributed by atoms with E-state index < -0.39 is 0 Å². The van der Waals surface area contributed by atoms with Crippen molar-refractivity contribution >= 4 is 11.9 Å². The topological polar surface area (TPSA) is 71.5 Å². The van der Waals surface area contributed by atoms with Gasteiger partial charge in [-0.25, -0.2) is 9.97 Å². The summed E-state index contributed by atoms with van der Waals surface area (Å²) in [6.07, 6.45) is 10.5. The van der Waals surface area contributed by atoms with Gasteiger partial charge in [-0.2, -0.15) is 0 Å². The van der Waals surface area contributed by atoms with E-state index in [1.165, 1.54) is 0 Å². The third-order valence-electron chi connectivity index (χ3n) is 5.64. The van der Waals surface area contributed by atoms with Gasteiger partial charge in [0.15, 0.2) is 0 Å². The summed E-state index contributed by atoms with van der Waals surface area (Å²) in [4.78, 5) is 30.0. The Labute approximate surface area is 165 Å². The minimum absolute atomic E-state index is 0.0576. The lowest BCUT2D eigenvalue weighted by molar-refractivity contribution is -0.135. The van der Waals surface area contributed by atoms with Crippen molar-refractivity contribution in [1.82, 2.24) is 19.9 Å². The normalized spacial score (nSPS) is 22.9. The van der Waals surface area contributed by atoms with Crippen LogP contribution in [0.5, 0.6) is 0 Å². The van der Waals surface area contributed by atoms with Gasteiger partial charge in [0.25, 0.3) is 0 Å². The molecule has 1 amide bonds. The van der Waals surface area contributed by atoms with E-state index in [1.54, 1.807) is 18.6 Å². The molecule has 2 aliphatic heterocycles. The Balaban J connectivity index is 1.41. The molecule has 2 fully saturated rings. The van der Waals surface area contributed by atoms with E-state index in [2.05, 4.69) is 19.9 Å². The monoisotopic (exact) mass is 381 g/mol. The Bertz CT molecular complexity index is 773. The molecule has 1 spiro atoms. The summed E-state index contributed by atoms with van der Waals surface area (Å²) in [5.74, 6) is 0.960. The minimum Gasteiger partial charge on any atom is -0.379 e. The predicted molar refractivity (Wildman–Crippen MR) is 106 cm³/mol. The summed E-state index contributed by atoms with van der Waals surface area (Å²) in [6, 6.07) is 5.77. The van der Waals surface area contributed by atoms with E-state index in [0.717, 1.165) is 57.0 Å². The van der Waals surface area contributed by atoms with Gasteiger partial charge < -0.3 is 14.5 Å². The first kappa shape index (κ1) is 18.8. The third kappa shape index (κ3) is 4.47. The van der Waals surface area contributed by atoms with E-state index in [0.29, 0.717) is 19.6 Å². The molecule has 2 aliphatic rings. The quantitative estimate of drug-likeness (QED) is 0.806. The van der Waals surface area contributed by atoms with E-state index in [9.17, 15) is 4.79 Å². The number of amides is 1. The van der Waals surface area contributed by atoms with Gasteiger partial charge in [0.1, 0.15) is 0 Å². The fraction of sp³-hybridized carbons (Fsp3) is 0.524. The second kappa shape index (κ2) is 8.65. The summed E-state index contributed by atoms with van der Waals surface area (Å²) in [7, 11) is 0. The molecule has 1 unspecified atom stereocenters. The third-order valence-corrected chi connectivity index (χ3v) is 5.64. The maximum atomic E-state index is 12.9. The van der Waals surface area contributed by atoms with Crippen LogP contribution in [-0.2, 0) is 16.0 Å². The summed E-state index contributed by atoms with van der Waals surface area (Å²) in [5.41, 5.74) is 1.05. The summed E-state index contributed by atoms with van der Waals surface area (Å²) in [6.45, 7) is 4.51. The van der Waals surface area contributed by atoms with Crippen LogP contribution >= 0.6 is 0 Å². The molecular formula is C21H27N5O2. The number of aromatic nitrogens is 3. The highest BCUT2D eigenvalue weighted by atomic mass is 16.5. The lowest BCUT2D eigenvalue weighted by Gasteiger charge is -2.43. The Hall–Kier alpha value is -2.54.